The predicted molar refractivity (Wildman–Crippen MR) is 77.4 cm³/mol. The van der Waals surface area contributed by atoms with Crippen molar-refractivity contribution in [1.29, 1.82) is 5.26 Å². The van der Waals surface area contributed by atoms with E-state index in [0.717, 1.165) is 0 Å². The quantitative estimate of drug-likeness (QED) is 0.863. The van der Waals surface area contributed by atoms with Gasteiger partial charge in [0.1, 0.15) is 0 Å². The summed E-state index contributed by atoms with van der Waals surface area (Å²) in [5.41, 5.74) is 0.452. The first-order valence-electron chi connectivity index (χ1n) is 6.89. The zero-order valence-electron chi connectivity index (χ0n) is 12.3. The van der Waals surface area contributed by atoms with Gasteiger partial charge in [-0.15, -0.1) is 0 Å². The molecule has 1 aromatic rings. The number of methoxy groups -OCH3 is 1. The second-order valence-corrected chi connectivity index (χ2v) is 4.75. The Kier molecular flexibility index (Phi) is 5.20. The Hall–Kier alpha value is -2.75. The summed E-state index contributed by atoms with van der Waals surface area (Å²) in [6, 6.07) is 6.75. The average Bonchev–Trinajstić information content (AvgIpc) is 2.77. The first kappa shape index (κ1) is 15.6. The van der Waals surface area contributed by atoms with Gasteiger partial charge in [0.25, 0.3) is 5.91 Å². The number of hydrogen-bond acceptors (Lipinski definition) is 5. The smallest absolute Gasteiger partial charge is 0.260 e. The Morgan fingerprint density at radius 2 is 2.23 bits per heavy atom. The number of nitrogens with one attached hydrogen (secondary N) is 1. The van der Waals surface area contributed by atoms with E-state index in [-0.39, 0.29) is 18.4 Å². The normalized spacial score (nSPS) is 14.5. The maximum Gasteiger partial charge on any atom is 0.260 e. The molecule has 1 heterocycles. The van der Waals surface area contributed by atoms with Crippen LogP contribution in [0.15, 0.2) is 18.2 Å². The van der Waals surface area contributed by atoms with Gasteiger partial charge in [-0.1, -0.05) is 0 Å². The van der Waals surface area contributed by atoms with E-state index in [1.807, 2.05) is 6.07 Å². The molecule has 7 nitrogen and oxygen atoms in total. The lowest BCUT2D eigenvalue weighted by atomic mass is 10.2. The predicted octanol–water partition coefficient (Wildman–Crippen LogP) is 0.294. The highest BCUT2D eigenvalue weighted by Crippen LogP contribution is 2.27. The minimum Gasteiger partial charge on any atom is -0.493 e. The molecule has 116 valence electrons. The molecule has 22 heavy (non-hydrogen) atoms. The van der Waals surface area contributed by atoms with Crippen molar-refractivity contribution in [3.05, 3.63) is 23.8 Å². The SMILES string of the molecule is COc1cc(C#N)ccc1OCC(=O)N1CCNC(=O)CC1. The average molecular weight is 303 g/mol. The molecule has 1 aromatic carbocycles. The van der Waals surface area contributed by atoms with Crippen molar-refractivity contribution in [2.45, 2.75) is 6.42 Å². The topological polar surface area (TPSA) is 91.7 Å². The second-order valence-electron chi connectivity index (χ2n) is 4.75. The van der Waals surface area contributed by atoms with E-state index in [1.54, 1.807) is 23.1 Å². The van der Waals surface area contributed by atoms with Crippen LogP contribution in [0.3, 0.4) is 0 Å². The number of carbonyl (C=O) groups excluding carboxylic acids is 2. The lowest BCUT2D eigenvalue weighted by Gasteiger charge is -2.20. The molecule has 1 aliphatic heterocycles. The van der Waals surface area contributed by atoms with Crippen molar-refractivity contribution in [2.75, 3.05) is 33.4 Å². The third-order valence-corrected chi connectivity index (χ3v) is 3.31. The Morgan fingerprint density at radius 3 is 2.95 bits per heavy atom. The zero-order chi connectivity index (χ0) is 15.9. The van der Waals surface area contributed by atoms with Gasteiger partial charge in [0.05, 0.1) is 18.7 Å². The van der Waals surface area contributed by atoms with Gasteiger partial charge in [-0.3, -0.25) is 9.59 Å². The van der Waals surface area contributed by atoms with Crippen LogP contribution in [0, 0.1) is 11.3 Å². The molecular formula is C15H17N3O4. The maximum absolute atomic E-state index is 12.1. The molecule has 2 amide bonds. The molecule has 0 bridgehead atoms. The van der Waals surface area contributed by atoms with E-state index in [2.05, 4.69) is 5.32 Å². The molecule has 0 spiro atoms. The van der Waals surface area contributed by atoms with Crippen molar-refractivity contribution in [3.8, 4) is 17.6 Å². The van der Waals surface area contributed by atoms with Gasteiger partial charge in [-0.25, -0.2) is 0 Å². The molecule has 1 aliphatic rings. The highest BCUT2D eigenvalue weighted by molar-refractivity contribution is 5.81. The van der Waals surface area contributed by atoms with Crippen LogP contribution in [-0.2, 0) is 9.59 Å². The molecule has 2 rings (SSSR count). The number of ether oxygens (including phenoxy) is 2. The summed E-state index contributed by atoms with van der Waals surface area (Å²) in [6.07, 6.45) is 0.298. The largest absolute Gasteiger partial charge is 0.493 e. The minimum atomic E-state index is -0.192. The Balaban J connectivity index is 1.96. The number of hydrogen-bond donors (Lipinski definition) is 1. The van der Waals surface area contributed by atoms with E-state index in [0.29, 0.717) is 43.1 Å². The summed E-state index contributed by atoms with van der Waals surface area (Å²) in [7, 11) is 1.47. The first-order chi connectivity index (χ1) is 10.6. The third kappa shape index (κ3) is 3.88. The maximum atomic E-state index is 12.1. The van der Waals surface area contributed by atoms with Crippen LogP contribution in [0.5, 0.6) is 11.5 Å². The van der Waals surface area contributed by atoms with Gasteiger partial charge in [0.2, 0.25) is 5.91 Å². The summed E-state index contributed by atoms with van der Waals surface area (Å²) in [6.45, 7) is 1.16. The van der Waals surface area contributed by atoms with Crippen LogP contribution in [0.2, 0.25) is 0 Å². The van der Waals surface area contributed by atoms with Crippen LogP contribution in [-0.4, -0.2) is 50.1 Å². The van der Waals surface area contributed by atoms with Crippen molar-refractivity contribution >= 4 is 11.8 Å². The number of benzene rings is 1. The van der Waals surface area contributed by atoms with Crippen molar-refractivity contribution in [2.24, 2.45) is 0 Å². The van der Waals surface area contributed by atoms with E-state index in [9.17, 15) is 9.59 Å². The van der Waals surface area contributed by atoms with E-state index < -0.39 is 0 Å². The summed E-state index contributed by atoms with van der Waals surface area (Å²) < 4.78 is 10.6. The minimum absolute atomic E-state index is 0.0509. The van der Waals surface area contributed by atoms with Crippen LogP contribution < -0.4 is 14.8 Å². The molecule has 1 fully saturated rings. The first-order valence-corrected chi connectivity index (χ1v) is 6.89. The second kappa shape index (κ2) is 7.31. The lowest BCUT2D eigenvalue weighted by molar-refractivity contribution is -0.133. The number of nitrogens with zero attached hydrogens (tertiary/aromatic N) is 2. The van der Waals surface area contributed by atoms with Crippen LogP contribution in [0.1, 0.15) is 12.0 Å². The fourth-order valence-corrected chi connectivity index (χ4v) is 2.10. The number of amides is 2. The molecular weight excluding hydrogens is 286 g/mol. The Bertz CT molecular complexity index is 609. The van der Waals surface area contributed by atoms with Crippen molar-refractivity contribution in [1.82, 2.24) is 10.2 Å². The number of rotatable bonds is 4. The van der Waals surface area contributed by atoms with Gasteiger partial charge < -0.3 is 19.7 Å². The highest BCUT2D eigenvalue weighted by atomic mass is 16.5. The molecule has 1 saturated heterocycles. The molecule has 1 N–H and O–H groups in total. The summed E-state index contributed by atoms with van der Waals surface area (Å²) in [5.74, 6) is 0.561. The molecule has 0 aliphatic carbocycles. The van der Waals surface area contributed by atoms with E-state index in [1.165, 1.54) is 7.11 Å². The molecule has 0 aromatic heterocycles. The lowest BCUT2D eigenvalue weighted by Crippen LogP contribution is -2.37. The fraction of sp³-hybridized carbons (Fsp3) is 0.400. The van der Waals surface area contributed by atoms with E-state index in [4.69, 9.17) is 14.7 Å². The standard InChI is InChI=1S/C15H17N3O4/c1-21-13-8-11(9-16)2-3-12(13)22-10-15(20)18-6-4-14(19)17-5-7-18/h2-3,8H,4-7,10H2,1H3,(H,17,19). The number of carbonyl (C=O) groups is 2. The molecule has 0 radical (unpaired) electrons. The Morgan fingerprint density at radius 1 is 1.41 bits per heavy atom. The third-order valence-electron chi connectivity index (χ3n) is 3.31. The molecule has 0 unspecified atom stereocenters. The van der Waals surface area contributed by atoms with Crippen LogP contribution in [0.4, 0.5) is 0 Å². The number of nitriles is 1. The zero-order valence-corrected chi connectivity index (χ0v) is 12.3. The van der Waals surface area contributed by atoms with Crippen LogP contribution >= 0.6 is 0 Å². The van der Waals surface area contributed by atoms with Gasteiger partial charge >= 0.3 is 0 Å². The van der Waals surface area contributed by atoms with Gasteiger partial charge in [-0.05, 0) is 12.1 Å². The van der Waals surface area contributed by atoms with Crippen LogP contribution in [0.25, 0.3) is 0 Å². The summed E-state index contributed by atoms with van der Waals surface area (Å²) in [4.78, 5) is 25.0. The summed E-state index contributed by atoms with van der Waals surface area (Å²) >= 11 is 0. The summed E-state index contributed by atoms with van der Waals surface area (Å²) in [5, 5.41) is 11.6. The van der Waals surface area contributed by atoms with Gasteiger partial charge in [0.15, 0.2) is 18.1 Å². The van der Waals surface area contributed by atoms with Gasteiger partial charge in [-0.2, -0.15) is 5.26 Å². The van der Waals surface area contributed by atoms with E-state index >= 15 is 0 Å². The van der Waals surface area contributed by atoms with Crippen molar-refractivity contribution < 1.29 is 19.1 Å². The van der Waals surface area contributed by atoms with Crippen molar-refractivity contribution in [3.63, 3.8) is 0 Å². The monoisotopic (exact) mass is 303 g/mol. The molecule has 0 atom stereocenters. The van der Waals surface area contributed by atoms with Gasteiger partial charge in [0, 0.05) is 32.1 Å². The molecule has 0 saturated carbocycles. The highest BCUT2D eigenvalue weighted by Gasteiger charge is 2.19. The molecule has 7 heteroatoms. The fourth-order valence-electron chi connectivity index (χ4n) is 2.10. The Labute approximate surface area is 128 Å².